The van der Waals surface area contributed by atoms with Gasteiger partial charge in [-0.1, -0.05) is 23.7 Å². The molecule has 0 aliphatic carbocycles. The standard InChI is InChI=1S/C18H16ClN3O2/c1-11-9-13(7-8-20-11)21-17(23)10-16-12(2)24-18(22-16)14-5-3-4-6-15(14)19/h3-9H,10H2,1-2H3,(H,20,21,23). The highest BCUT2D eigenvalue weighted by atomic mass is 35.5. The Hall–Kier alpha value is -2.66. The Labute approximate surface area is 144 Å². The maximum atomic E-state index is 12.2. The molecule has 2 heterocycles. The summed E-state index contributed by atoms with van der Waals surface area (Å²) in [7, 11) is 0. The van der Waals surface area contributed by atoms with Crippen molar-refractivity contribution < 1.29 is 9.21 Å². The van der Waals surface area contributed by atoms with Crippen molar-refractivity contribution >= 4 is 23.2 Å². The van der Waals surface area contributed by atoms with Crippen molar-refractivity contribution in [3.63, 3.8) is 0 Å². The van der Waals surface area contributed by atoms with Crippen molar-refractivity contribution in [1.29, 1.82) is 0 Å². The van der Waals surface area contributed by atoms with E-state index in [-0.39, 0.29) is 12.3 Å². The highest BCUT2D eigenvalue weighted by molar-refractivity contribution is 6.33. The van der Waals surface area contributed by atoms with Crippen LogP contribution in [0.4, 0.5) is 5.69 Å². The zero-order valence-corrected chi connectivity index (χ0v) is 14.1. The minimum absolute atomic E-state index is 0.126. The second-order valence-corrected chi connectivity index (χ2v) is 5.82. The van der Waals surface area contributed by atoms with E-state index in [0.29, 0.717) is 33.6 Å². The van der Waals surface area contributed by atoms with Crippen LogP contribution in [0, 0.1) is 13.8 Å². The van der Waals surface area contributed by atoms with Crippen LogP contribution in [0.2, 0.25) is 5.02 Å². The first-order valence-corrected chi connectivity index (χ1v) is 7.84. The van der Waals surface area contributed by atoms with Crippen molar-refractivity contribution in [3.05, 3.63) is 64.8 Å². The molecule has 0 saturated carbocycles. The lowest BCUT2D eigenvalue weighted by Gasteiger charge is -2.04. The van der Waals surface area contributed by atoms with Gasteiger partial charge in [-0.2, -0.15) is 0 Å². The highest BCUT2D eigenvalue weighted by Crippen LogP contribution is 2.28. The predicted molar refractivity (Wildman–Crippen MR) is 93.0 cm³/mol. The lowest BCUT2D eigenvalue weighted by Crippen LogP contribution is -2.15. The molecular formula is C18H16ClN3O2. The third-order valence-corrected chi connectivity index (χ3v) is 3.83. The molecule has 0 unspecified atom stereocenters. The van der Waals surface area contributed by atoms with E-state index in [2.05, 4.69) is 15.3 Å². The van der Waals surface area contributed by atoms with Gasteiger partial charge in [0.15, 0.2) is 0 Å². The quantitative estimate of drug-likeness (QED) is 0.772. The summed E-state index contributed by atoms with van der Waals surface area (Å²) >= 11 is 6.16. The number of hydrogen-bond acceptors (Lipinski definition) is 4. The molecule has 1 aromatic carbocycles. The lowest BCUT2D eigenvalue weighted by molar-refractivity contribution is -0.115. The molecule has 0 fully saturated rings. The normalized spacial score (nSPS) is 10.6. The zero-order valence-electron chi connectivity index (χ0n) is 13.3. The number of carbonyl (C=O) groups is 1. The molecule has 0 spiro atoms. The second kappa shape index (κ2) is 6.84. The van der Waals surface area contributed by atoms with Gasteiger partial charge < -0.3 is 9.73 Å². The number of pyridine rings is 1. The smallest absolute Gasteiger partial charge is 0.230 e. The number of anilines is 1. The minimum Gasteiger partial charge on any atom is -0.441 e. The van der Waals surface area contributed by atoms with Crippen molar-refractivity contribution in [3.8, 4) is 11.5 Å². The van der Waals surface area contributed by atoms with Crippen LogP contribution in [-0.4, -0.2) is 15.9 Å². The van der Waals surface area contributed by atoms with Crippen LogP contribution in [-0.2, 0) is 11.2 Å². The van der Waals surface area contributed by atoms with Gasteiger partial charge in [-0.15, -0.1) is 0 Å². The molecule has 24 heavy (non-hydrogen) atoms. The van der Waals surface area contributed by atoms with Crippen molar-refractivity contribution in [1.82, 2.24) is 9.97 Å². The molecule has 5 nitrogen and oxygen atoms in total. The summed E-state index contributed by atoms with van der Waals surface area (Å²) in [4.78, 5) is 20.7. The number of benzene rings is 1. The van der Waals surface area contributed by atoms with Crippen molar-refractivity contribution in [2.45, 2.75) is 20.3 Å². The Bertz CT molecular complexity index is 889. The topological polar surface area (TPSA) is 68.0 Å². The third-order valence-electron chi connectivity index (χ3n) is 3.51. The average Bonchev–Trinajstić information content (AvgIpc) is 2.88. The number of amides is 1. The second-order valence-electron chi connectivity index (χ2n) is 5.41. The Morgan fingerprint density at radius 2 is 2.04 bits per heavy atom. The maximum absolute atomic E-state index is 12.2. The largest absolute Gasteiger partial charge is 0.441 e. The van der Waals surface area contributed by atoms with Crippen LogP contribution in [0.25, 0.3) is 11.5 Å². The van der Waals surface area contributed by atoms with Crippen LogP contribution in [0.3, 0.4) is 0 Å². The summed E-state index contributed by atoms with van der Waals surface area (Å²) < 4.78 is 5.67. The fraction of sp³-hybridized carbons (Fsp3) is 0.167. The van der Waals surface area contributed by atoms with E-state index in [1.807, 2.05) is 31.2 Å². The van der Waals surface area contributed by atoms with Crippen molar-refractivity contribution in [2.24, 2.45) is 0 Å². The molecule has 6 heteroatoms. The molecule has 1 N–H and O–H groups in total. The van der Waals surface area contributed by atoms with E-state index in [1.165, 1.54) is 0 Å². The number of nitrogens with zero attached hydrogens (tertiary/aromatic N) is 2. The van der Waals surface area contributed by atoms with Gasteiger partial charge in [-0.3, -0.25) is 9.78 Å². The molecular weight excluding hydrogens is 326 g/mol. The van der Waals surface area contributed by atoms with Gasteiger partial charge in [0, 0.05) is 17.6 Å². The Kier molecular flexibility index (Phi) is 4.62. The molecule has 1 amide bonds. The fourth-order valence-electron chi connectivity index (χ4n) is 2.32. The summed E-state index contributed by atoms with van der Waals surface area (Å²) in [5.74, 6) is 0.856. The van der Waals surface area contributed by atoms with Gasteiger partial charge in [-0.05, 0) is 38.1 Å². The van der Waals surface area contributed by atoms with E-state index in [4.69, 9.17) is 16.0 Å². The minimum atomic E-state index is -0.164. The van der Waals surface area contributed by atoms with Crippen LogP contribution in [0.15, 0.2) is 47.0 Å². The number of carbonyl (C=O) groups excluding carboxylic acids is 1. The van der Waals surface area contributed by atoms with Gasteiger partial charge in [0.2, 0.25) is 11.8 Å². The van der Waals surface area contributed by atoms with Crippen molar-refractivity contribution in [2.75, 3.05) is 5.32 Å². The van der Waals surface area contributed by atoms with Gasteiger partial charge in [0.05, 0.1) is 22.7 Å². The summed E-state index contributed by atoms with van der Waals surface area (Å²) in [6.45, 7) is 3.65. The van der Waals surface area contributed by atoms with Crippen LogP contribution in [0.5, 0.6) is 0 Å². The summed E-state index contributed by atoms with van der Waals surface area (Å²) in [6.07, 6.45) is 1.78. The molecule has 3 aromatic rings. The number of aryl methyl sites for hydroxylation is 2. The molecule has 2 aromatic heterocycles. The monoisotopic (exact) mass is 341 g/mol. The van der Waals surface area contributed by atoms with E-state index in [1.54, 1.807) is 25.3 Å². The maximum Gasteiger partial charge on any atom is 0.230 e. The highest BCUT2D eigenvalue weighted by Gasteiger charge is 2.16. The number of oxazole rings is 1. The molecule has 0 aliphatic heterocycles. The first kappa shape index (κ1) is 16.2. The lowest BCUT2D eigenvalue weighted by atomic mass is 10.2. The van der Waals surface area contributed by atoms with E-state index in [0.717, 1.165) is 5.69 Å². The molecule has 0 atom stereocenters. The Morgan fingerprint density at radius 3 is 2.79 bits per heavy atom. The van der Waals surface area contributed by atoms with Gasteiger partial charge >= 0.3 is 0 Å². The molecule has 0 radical (unpaired) electrons. The number of nitrogens with one attached hydrogen (secondary N) is 1. The number of hydrogen-bond donors (Lipinski definition) is 1. The molecule has 0 bridgehead atoms. The number of rotatable bonds is 4. The van der Waals surface area contributed by atoms with E-state index < -0.39 is 0 Å². The average molecular weight is 342 g/mol. The first-order chi connectivity index (χ1) is 11.5. The first-order valence-electron chi connectivity index (χ1n) is 7.46. The molecule has 3 rings (SSSR count). The number of halogens is 1. The fourth-order valence-corrected chi connectivity index (χ4v) is 2.54. The molecule has 0 saturated heterocycles. The van der Waals surface area contributed by atoms with E-state index >= 15 is 0 Å². The van der Waals surface area contributed by atoms with Crippen LogP contribution < -0.4 is 5.32 Å². The van der Waals surface area contributed by atoms with Gasteiger partial charge in [-0.25, -0.2) is 4.98 Å². The third kappa shape index (κ3) is 3.63. The van der Waals surface area contributed by atoms with Gasteiger partial charge in [0.25, 0.3) is 0 Å². The molecule has 0 aliphatic rings. The van der Waals surface area contributed by atoms with E-state index in [9.17, 15) is 4.79 Å². The SMILES string of the molecule is Cc1cc(NC(=O)Cc2nc(-c3ccccc3Cl)oc2C)ccn1. The molecule has 122 valence electrons. The van der Waals surface area contributed by atoms with Gasteiger partial charge in [0.1, 0.15) is 5.76 Å². The predicted octanol–water partition coefficient (Wildman–Crippen LogP) is 4.19. The summed E-state index contributed by atoms with van der Waals surface area (Å²) in [6, 6.07) is 10.9. The summed E-state index contributed by atoms with van der Waals surface area (Å²) in [5.41, 5.74) is 2.85. The number of aromatic nitrogens is 2. The Balaban J connectivity index is 1.76. The zero-order chi connectivity index (χ0) is 17.1. The Morgan fingerprint density at radius 1 is 1.25 bits per heavy atom. The van der Waals surface area contributed by atoms with Crippen LogP contribution in [0.1, 0.15) is 17.1 Å². The summed E-state index contributed by atoms with van der Waals surface area (Å²) in [5, 5.41) is 3.39. The van der Waals surface area contributed by atoms with Crippen LogP contribution >= 0.6 is 11.6 Å².